The normalized spacial score (nSPS) is 13.4. The first-order valence-electron chi connectivity index (χ1n) is 2.47. The Kier molecular flexibility index (Phi) is 5.79. The molecule has 0 aliphatic rings. The van der Waals surface area contributed by atoms with Crippen molar-refractivity contribution in [2.24, 2.45) is 0 Å². The van der Waals surface area contributed by atoms with Crippen LogP contribution in [0, 0.1) is 0 Å². The molecule has 14 heavy (non-hydrogen) atoms. The molecule has 0 spiro atoms. The number of rotatable bonds is 2. The van der Waals surface area contributed by atoms with E-state index in [1.165, 1.54) is 0 Å². The summed E-state index contributed by atoms with van der Waals surface area (Å²) in [5, 5.41) is 0. The maximum Gasteiger partial charge on any atom is 1.00 e. The Morgan fingerprint density at radius 3 is 1.29 bits per heavy atom. The van der Waals surface area contributed by atoms with Crippen LogP contribution in [0.3, 0.4) is 0 Å². The van der Waals surface area contributed by atoms with Gasteiger partial charge in [-0.05, 0) is 0 Å². The van der Waals surface area contributed by atoms with Gasteiger partial charge in [-0.1, -0.05) is 0 Å². The zero-order valence-electron chi connectivity index (χ0n) is 7.43. The van der Waals surface area contributed by atoms with Gasteiger partial charge in [0.25, 0.3) is 0 Å². The number of alkyl halides is 7. The molecule has 0 bridgehead atoms. The van der Waals surface area contributed by atoms with Crippen molar-refractivity contribution < 1.29 is 92.7 Å². The molecule has 0 N–H and O–H groups in total. The smallest absolute Gasteiger partial charge is 1.00 e. The number of hydrogen-bond acceptors (Lipinski definition) is 1. The summed E-state index contributed by atoms with van der Waals surface area (Å²) in [6.07, 6.45) is -6.68. The predicted molar refractivity (Wildman–Crippen MR) is 23.2 cm³/mol. The summed E-state index contributed by atoms with van der Waals surface area (Å²) in [5.74, 6) is -13.1. The second kappa shape index (κ2) is 4.72. The fraction of sp³-hybridized carbons (Fsp3) is 0.750. The Labute approximate surface area is 116 Å². The van der Waals surface area contributed by atoms with E-state index in [0.29, 0.717) is 0 Å². The molecular formula is C4HF8KO. The SMILES string of the molecule is O=C(F)C(F)(F)C(F)(F)C(F)(F)F.[H-].[K+]. The molecule has 0 heterocycles. The molecule has 0 atom stereocenters. The second-order valence-electron chi connectivity index (χ2n) is 1.92. The van der Waals surface area contributed by atoms with E-state index in [0.717, 1.165) is 0 Å². The topological polar surface area (TPSA) is 17.1 Å². The van der Waals surface area contributed by atoms with Crippen LogP contribution in [0.4, 0.5) is 35.1 Å². The van der Waals surface area contributed by atoms with Gasteiger partial charge in [0.15, 0.2) is 0 Å². The van der Waals surface area contributed by atoms with Crippen molar-refractivity contribution in [1.82, 2.24) is 0 Å². The Morgan fingerprint density at radius 2 is 1.21 bits per heavy atom. The monoisotopic (exact) mass is 256 g/mol. The zero-order valence-corrected chi connectivity index (χ0v) is 9.56. The van der Waals surface area contributed by atoms with Crippen LogP contribution < -0.4 is 51.4 Å². The first kappa shape index (κ1) is 17.2. The third-order valence-electron chi connectivity index (χ3n) is 0.997. The van der Waals surface area contributed by atoms with Crippen molar-refractivity contribution in [3.63, 3.8) is 0 Å². The second-order valence-corrected chi connectivity index (χ2v) is 1.92. The van der Waals surface area contributed by atoms with Gasteiger partial charge in [0, 0.05) is 0 Å². The Bertz CT molecular complexity index is 225. The maximum atomic E-state index is 11.6. The molecule has 0 amide bonds. The van der Waals surface area contributed by atoms with Gasteiger partial charge in [0.2, 0.25) is 0 Å². The maximum absolute atomic E-state index is 11.6. The molecule has 0 rings (SSSR count). The van der Waals surface area contributed by atoms with E-state index < -0.39 is 24.1 Å². The van der Waals surface area contributed by atoms with E-state index in [4.69, 9.17) is 4.79 Å². The van der Waals surface area contributed by atoms with Crippen molar-refractivity contribution in [2.45, 2.75) is 18.0 Å². The summed E-state index contributed by atoms with van der Waals surface area (Å²) in [5.41, 5.74) is 0. The third-order valence-corrected chi connectivity index (χ3v) is 0.997. The van der Waals surface area contributed by atoms with Gasteiger partial charge < -0.3 is 1.43 Å². The predicted octanol–water partition coefficient (Wildman–Crippen LogP) is -0.568. The van der Waals surface area contributed by atoms with E-state index in [1.54, 1.807) is 0 Å². The number of halogens is 8. The zero-order chi connectivity index (χ0) is 11.1. The van der Waals surface area contributed by atoms with Gasteiger partial charge in [-0.15, -0.1) is 0 Å². The van der Waals surface area contributed by atoms with E-state index in [1.807, 2.05) is 0 Å². The van der Waals surface area contributed by atoms with Gasteiger partial charge in [-0.3, -0.25) is 4.79 Å². The molecule has 0 aromatic carbocycles. The summed E-state index contributed by atoms with van der Waals surface area (Å²) in [7, 11) is 0. The molecule has 0 saturated heterocycles. The average molecular weight is 256 g/mol. The van der Waals surface area contributed by atoms with E-state index in [-0.39, 0.29) is 52.8 Å². The average Bonchev–Trinajstić information content (AvgIpc) is 1.84. The molecule has 1 nitrogen and oxygen atoms in total. The molecule has 0 aliphatic heterocycles. The molecule has 0 fully saturated rings. The molecule has 0 aromatic heterocycles. The van der Waals surface area contributed by atoms with Gasteiger partial charge >= 0.3 is 75.4 Å². The Morgan fingerprint density at radius 1 is 0.929 bits per heavy atom. The quantitative estimate of drug-likeness (QED) is 0.367. The van der Waals surface area contributed by atoms with E-state index in [9.17, 15) is 35.1 Å². The van der Waals surface area contributed by atoms with Crippen LogP contribution >= 0.6 is 0 Å². The summed E-state index contributed by atoms with van der Waals surface area (Å²) < 4.78 is 91.1. The largest absolute Gasteiger partial charge is 1.00 e. The van der Waals surface area contributed by atoms with Gasteiger partial charge in [-0.2, -0.15) is 35.1 Å². The van der Waals surface area contributed by atoms with Crippen molar-refractivity contribution in [3.8, 4) is 0 Å². The summed E-state index contributed by atoms with van der Waals surface area (Å²) in [4.78, 5) is 9.16. The standard InChI is InChI=1S/C4F8O.K.H/c5-1(13)2(6,7)3(8,9)4(10,11)12;;/q;+1;-1. The fourth-order valence-electron chi connectivity index (χ4n) is 0.301. The number of carbonyl (C=O) groups excluding carboxylic acids is 1. The van der Waals surface area contributed by atoms with Crippen LogP contribution in [0.25, 0.3) is 0 Å². The fourth-order valence-corrected chi connectivity index (χ4v) is 0.301. The minimum atomic E-state index is -6.70. The van der Waals surface area contributed by atoms with Crippen molar-refractivity contribution in [3.05, 3.63) is 0 Å². The van der Waals surface area contributed by atoms with Crippen LogP contribution in [-0.4, -0.2) is 24.1 Å². The van der Waals surface area contributed by atoms with Crippen LogP contribution in [0.5, 0.6) is 0 Å². The molecular weight excluding hydrogens is 255 g/mol. The first-order chi connectivity index (χ1) is 5.44. The summed E-state index contributed by atoms with van der Waals surface area (Å²) in [6, 6.07) is -4.03. The molecule has 0 aromatic rings. The van der Waals surface area contributed by atoms with Crippen molar-refractivity contribution in [2.75, 3.05) is 0 Å². The van der Waals surface area contributed by atoms with Crippen LogP contribution in [0.1, 0.15) is 1.43 Å². The van der Waals surface area contributed by atoms with Crippen molar-refractivity contribution >= 4 is 6.04 Å². The first-order valence-corrected chi connectivity index (χ1v) is 2.47. The van der Waals surface area contributed by atoms with E-state index >= 15 is 0 Å². The number of hydrogen-bond donors (Lipinski definition) is 0. The molecule has 80 valence electrons. The minimum Gasteiger partial charge on any atom is -1.00 e. The molecule has 10 heteroatoms. The van der Waals surface area contributed by atoms with Gasteiger partial charge in [-0.25, -0.2) is 0 Å². The molecule has 0 unspecified atom stereocenters. The van der Waals surface area contributed by atoms with Crippen LogP contribution in [-0.2, 0) is 4.79 Å². The minimum absolute atomic E-state index is 0. The van der Waals surface area contributed by atoms with Crippen molar-refractivity contribution in [1.29, 1.82) is 0 Å². The Balaban J connectivity index is -0.000000720. The van der Waals surface area contributed by atoms with E-state index in [2.05, 4.69) is 0 Å². The summed E-state index contributed by atoms with van der Waals surface area (Å²) in [6.45, 7) is 0. The molecule has 0 aliphatic carbocycles. The van der Waals surface area contributed by atoms with Gasteiger partial charge in [0.1, 0.15) is 0 Å². The summed E-state index contributed by atoms with van der Waals surface area (Å²) >= 11 is 0. The molecule has 0 saturated carbocycles. The number of carbonyl (C=O) groups is 1. The van der Waals surface area contributed by atoms with Crippen LogP contribution in [0.15, 0.2) is 0 Å². The molecule has 0 radical (unpaired) electrons. The Hall–Kier alpha value is 0.746. The van der Waals surface area contributed by atoms with Gasteiger partial charge in [0.05, 0.1) is 0 Å². The third kappa shape index (κ3) is 2.87. The van der Waals surface area contributed by atoms with Crippen LogP contribution in [0.2, 0.25) is 0 Å².